The number of anilines is 1. The first-order valence-electron chi connectivity index (χ1n) is 7.10. The average molecular weight is 312 g/mol. The standard InChI is InChI=1S/C18H18ClN3/c1-4-5-14(16-9-22-10-17(21)18(16)19)15-7-13(8-20)11(2)6-12(15)3/h5-7,9-10H,4,21H2,1-3H3/b14-5+. The van der Waals surface area contributed by atoms with Gasteiger partial charge in [-0.1, -0.05) is 30.7 Å². The molecular formula is C18H18ClN3. The summed E-state index contributed by atoms with van der Waals surface area (Å²) in [6.45, 7) is 6.02. The molecule has 0 fully saturated rings. The van der Waals surface area contributed by atoms with Crippen molar-refractivity contribution in [3.05, 3.63) is 63.4 Å². The number of allylic oxidation sites excluding steroid dienone is 1. The summed E-state index contributed by atoms with van der Waals surface area (Å²) in [5.41, 5.74) is 11.8. The first-order valence-corrected chi connectivity index (χ1v) is 7.48. The van der Waals surface area contributed by atoms with Crippen LogP contribution in [0.25, 0.3) is 5.57 Å². The van der Waals surface area contributed by atoms with E-state index in [1.807, 2.05) is 26.0 Å². The second kappa shape index (κ2) is 6.64. The highest BCUT2D eigenvalue weighted by atomic mass is 35.5. The van der Waals surface area contributed by atoms with Crippen LogP contribution in [0.1, 0.15) is 41.2 Å². The minimum atomic E-state index is 0.450. The SMILES string of the molecule is CC/C=C(\c1cc(C#N)c(C)cc1C)c1cncc(N)c1Cl. The molecule has 0 saturated heterocycles. The summed E-state index contributed by atoms with van der Waals surface area (Å²) in [6, 6.07) is 6.16. The summed E-state index contributed by atoms with van der Waals surface area (Å²) >= 11 is 6.36. The van der Waals surface area contributed by atoms with Gasteiger partial charge in [0.15, 0.2) is 0 Å². The number of nitrogen functional groups attached to an aromatic ring is 1. The number of aromatic nitrogens is 1. The number of pyridine rings is 1. The number of nitrogens with zero attached hydrogens (tertiary/aromatic N) is 2. The molecule has 22 heavy (non-hydrogen) atoms. The molecule has 4 heteroatoms. The number of hydrogen-bond donors (Lipinski definition) is 1. The fourth-order valence-electron chi connectivity index (χ4n) is 2.48. The van der Waals surface area contributed by atoms with Gasteiger partial charge in [-0.15, -0.1) is 0 Å². The maximum absolute atomic E-state index is 9.29. The van der Waals surface area contributed by atoms with Crippen LogP contribution in [-0.2, 0) is 0 Å². The van der Waals surface area contributed by atoms with Crippen molar-refractivity contribution in [2.24, 2.45) is 0 Å². The molecule has 1 aromatic heterocycles. The molecule has 0 amide bonds. The molecule has 0 radical (unpaired) electrons. The van der Waals surface area contributed by atoms with Crippen molar-refractivity contribution in [3.63, 3.8) is 0 Å². The molecule has 0 aliphatic rings. The van der Waals surface area contributed by atoms with Crippen LogP contribution < -0.4 is 5.73 Å². The lowest BCUT2D eigenvalue weighted by molar-refractivity contribution is 1.21. The Kier molecular flexibility index (Phi) is 4.85. The van der Waals surface area contributed by atoms with Crippen molar-refractivity contribution < 1.29 is 0 Å². The first-order chi connectivity index (χ1) is 10.5. The maximum Gasteiger partial charge on any atom is 0.0994 e. The van der Waals surface area contributed by atoms with Crippen molar-refractivity contribution in [2.75, 3.05) is 5.73 Å². The van der Waals surface area contributed by atoms with Gasteiger partial charge in [-0.3, -0.25) is 4.98 Å². The Hall–Kier alpha value is -2.31. The molecule has 1 heterocycles. The fourth-order valence-corrected chi connectivity index (χ4v) is 2.68. The zero-order chi connectivity index (χ0) is 16.3. The van der Waals surface area contributed by atoms with Gasteiger partial charge in [0.1, 0.15) is 0 Å². The van der Waals surface area contributed by atoms with Crippen LogP contribution in [0.15, 0.2) is 30.6 Å². The number of rotatable bonds is 3. The van der Waals surface area contributed by atoms with Crippen LogP contribution in [0, 0.1) is 25.2 Å². The van der Waals surface area contributed by atoms with Gasteiger partial charge < -0.3 is 5.73 Å². The summed E-state index contributed by atoms with van der Waals surface area (Å²) in [6.07, 6.45) is 6.18. The van der Waals surface area contributed by atoms with Gasteiger partial charge in [0.25, 0.3) is 0 Å². The zero-order valence-corrected chi connectivity index (χ0v) is 13.7. The summed E-state index contributed by atoms with van der Waals surface area (Å²) < 4.78 is 0. The van der Waals surface area contributed by atoms with Gasteiger partial charge in [-0.05, 0) is 48.6 Å². The lowest BCUT2D eigenvalue weighted by Crippen LogP contribution is -1.99. The van der Waals surface area contributed by atoms with E-state index in [1.54, 1.807) is 6.20 Å². The Morgan fingerprint density at radius 3 is 2.64 bits per heavy atom. The average Bonchev–Trinajstić information content (AvgIpc) is 2.49. The lowest BCUT2D eigenvalue weighted by atomic mass is 9.91. The molecule has 1 aromatic carbocycles. The second-order valence-electron chi connectivity index (χ2n) is 5.21. The molecule has 0 saturated carbocycles. The largest absolute Gasteiger partial charge is 0.396 e. The third kappa shape index (κ3) is 2.98. The minimum Gasteiger partial charge on any atom is -0.396 e. The molecule has 3 nitrogen and oxygen atoms in total. The van der Waals surface area contributed by atoms with Crippen molar-refractivity contribution in [2.45, 2.75) is 27.2 Å². The highest BCUT2D eigenvalue weighted by Crippen LogP contribution is 2.34. The monoisotopic (exact) mass is 311 g/mol. The van der Waals surface area contributed by atoms with Gasteiger partial charge in [0.2, 0.25) is 0 Å². The van der Waals surface area contributed by atoms with E-state index in [2.05, 4.69) is 24.1 Å². The highest BCUT2D eigenvalue weighted by Gasteiger charge is 2.15. The summed E-state index contributed by atoms with van der Waals surface area (Å²) in [7, 11) is 0. The molecule has 0 atom stereocenters. The van der Waals surface area contributed by atoms with Gasteiger partial charge in [-0.2, -0.15) is 5.26 Å². The molecule has 2 N–H and O–H groups in total. The third-order valence-corrected chi connectivity index (χ3v) is 4.01. The summed E-state index contributed by atoms with van der Waals surface area (Å²) in [5.74, 6) is 0. The van der Waals surface area contributed by atoms with E-state index < -0.39 is 0 Å². The van der Waals surface area contributed by atoms with Gasteiger partial charge in [0, 0.05) is 11.8 Å². The van der Waals surface area contributed by atoms with Crippen LogP contribution in [0.4, 0.5) is 5.69 Å². The molecule has 0 aliphatic heterocycles. The lowest BCUT2D eigenvalue weighted by Gasteiger charge is -2.15. The quantitative estimate of drug-likeness (QED) is 0.897. The molecule has 2 aromatic rings. The molecule has 112 valence electrons. The number of aryl methyl sites for hydroxylation is 2. The molecule has 0 unspecified atom stereocenters. The fraction of sp³-hybridized carbons (Fsp3) is 0.222. The Labute approximate surface area is 136 Å². The molecular weight excluding hydrogens is 294 g/mol. The maximum atomic E-state index is 9.29. The van der Waals surface area contributed by atoms with Crippen molar-refractivity contribution in [3.8, 4) is 6.07 Å². The van der Waals surface area contributed by atoms with E-state index in [1.165, 1.54) is 6.20 Å². The number of benzene rings is 1. The molecule has 0 aliphatic carbocycles. The van der Waals surface area contributed by atoms with E-state index in [-0.39, 0.29) is 0 Å². The number of hydrogen-bond acceptors (Lipinski definition) is 3. The Morgan fingerprint density at radius 1 is 1.27 bits per heavy atom. The van der Waals surface area contributed by atoms with Crippen LogP contribution in [0.3, 0.4) is 0 Å². The molecule has 2 rings (SSSR count). The van der Waals surface area contributed by atoms with Gasteiger partial charge in [0.05, 0.1) is 28.5 Å². The number of nitrogens with two attached hydrogens (primary N) is 1. The Bertz CT molecular complexity index is 786. The number of halogens is 1. The van der Waals surface area contributed by atoms with Crippen LogP contribution in [0.2, 0.25) is 5.02 Å². The zero-order valence-electron chi connectivity index (χ0n) is 12.9. The highest BCUT2D eigenvalue weighted by molar-refractivity contribution is 6.35. The van der Waals surface area contributed by atoms with E-state index in [9.17, 15) is 5.26 Å². The van der Waals surface area contributed by atoms with E-state index >= 15 is 0 Å². The normalized spacial score (nSPS) is 11.3. The van der Waals surface area contributed by atoms with E-state index in [0.29, 0.717) is 16.3 Å². The van der Waals surface area contributed by atoms with Crippen LogP contribution in [-0.4, -0.2) is 4.98 Å². The molecule has 0 spiro atoms. The van der Waals surface area contributed by atoms with E-state index in [0.717, 1.165) is 34.2 Å². The van der Waals surface area contributed by atoms with Crippen molar-refractivity contribution >= 4 is 22.9 Å². The smallest absolute Gasteiger partial charge is 0.0994 e. The summed E-state index contributed by atoms with van der Waals surface area (Å²) in [5, 5.41) is 9.78. The number of nitriles is 1. The van der Waals surface area contributed by atoms with Crippen molar-refractivity contribution in [1.29, 1.82) is 5.26 Å². The topological polar surface area (TPSA) is 62.7 Å². The second-order valence-corrected chi connectivity index (χ2v) is 5.59. The predicted octanol–water partition coefficient (Wildman–Crippen LogP) is 4.65. The third-order valence-electron chi connectivity index (χ3n) is 3.59. The van der Waals surface area contributed by atoms with Crippen LogP contribution in [0.5, 0.6) is 0 Å². The summed E-state index contributed by atoms with van der Waals surface area (Å²) in [4.78, 5) is 4.15. The van der Waals surface area contributed by atoms with Gasteiger partial charge >= 0.3 is 0 Å². The van der Waals surface area contributed by atoms with Crippen molar-refractivity contribution in [1.82, 2.24) is 4.98 Å². The Balaban J connectivity index is 2.72. The molecule has 0 bridgehead atoms. The van der Waals surface area contributed by atoms with Gasteiger partial charge in [-0.25, -0.2) is 0 Å². The minimum absolute atomic E-state index is 0.450. The Morgan fingerprint density at radius 2 is 2.00 bits per heavy atom. The first kappa shape index (κ1) is 16.1. The predicted molar refractivity (Wildman–Crippen MR) is 91.7 cm³/mol. The van der Waals surface area contributed by atoms with Crippen LogP contribution >= 0.6 is 11.6 Å². The van der Waals surface area contributed by atoms with E-state index in [4.69, 9.17) is 17.3 Å².